The molecule has 0 aromatic carbocycles. The maximum Gasteiger partial charge on any atom is 0.262 e. The maximum atomic E-state index is 12.6. The van der Waals surface area contributed by atoms with Crippen LogP contribution in [-0.4, -0.2) is 52.0 Å². The van der Waals surface area contributed by atoms with E-state index in [0.717, 1.165) is 0 Å². The average Bonchev–Trinajstić information content (AvgIpc) is 3.11. The molecule has 10 nitrogen and oxygen atoms in total. The number of nitrogens with zero attached hydrogens (tertiary/aromatic N) is 5. The predicted octanol–water partition coefficient (Wildman–Crippen LogP) is 1.12. The molecule has 0 atom stereocenters. The molecule has 3 aromatic heterocycles. The zero-order valence-corrected chi connectivity index (χ0v) is 14.3. The highest BCUT2D eigenvalue weighted by Crippen LogP contribution is 2.19. The van der Waals surface area contributed by atoms with E-state index in [1.807, 2.05) is 6.07 Å². The van der Waals surface area contributed by atoms with E-state index < -0.39 is 5.91 Å². The van der Waals surface area contributed by atoms with E-state index >= 15 is 0 Å². The van der Waals surface area contributed by atoms with Crippen LogP contribution >= 0.6 is 0 Å². The van der Waals surface area contributed by atoms with Gasteiger partial charge >= 0.3 is 0 Å². The molecule has 0 radical (unpaired) electrons. The second-order valence-corrected chi connectivity index (χ2v) is 5.40. The molecule has 2 N–H and O–H groups in total. The first kappa shape index (κ1) is 18.0. The summed E-state index contributed by atoms with van der Waals surface area (Å²) >= 11 is 0. The predicted molar refractivity (Wildman–Crippen MR) is 95.6 cm³/mol. The minimum absolute atomic E-state index is 0.193. The molecule has 27 heavy (non-hydrogen) atoms. The number of hydrogen-bond acceptors (Lipinski definition) is 8. The summed E-state index contributed by atoms with van der Waals surface area (Å²) in [5.41, 5.74) is 1.51. The number of carbonyl (C=O) groups excluding carboxylic acids is 2. The standard InChI is InChI=1S/C17H15N7O3/c1-27-5-3-19-14-6-15(20-8-11(14)7-18)23-17(26)13-9-21-24-4-2-12(10-25)22-16(13)24/h2,4,6,8-10H,3,5H2,1H3,(H2,19,20,23,26). The van der Waals surface area contributed by atoms with E-state index in [2.05, 4.69) is 25.7 Å². The molecule has 10 heteroatoms. The number of aromatic nitrogens is 4. The third-order valence-electron chi connectivity index (χ3n) is 3.64. The van der Waals surface area contributed by atoms with E-state index in [-0.39, 0.29) is 22.7 Å². The van der Waals surface area contributed by atoms with Crippen LogP contribution in [0.3, 0.4) is 0 Å². The second-order valence-electron chi connectivity index (χ2n) is 5.40. The Morgan fingerprint density at radius 2 is 2.30 bits per heavy atom. The van der Waals surface area contributed by atoms with Crippen LogP contribution in [-0.2, 0) is 4.74 Å². The Balaban J connectivity index is 1.84. The molecule has 0 bridgehead atoms. The van der Waals surface area contributed by atoms with Gasteiger partial charge in [0.05, 0.1) is 24.1 Å². The zero-order chi connectivity index (χ0) is 19.2. The van der Waals surface area contributed by atoms with Crippen molar-refractivity contribution in [1.29, 1.82) is 5.26 Å². The van der Waals surface area contributed by atoms with Crippen LogP contribution < -0.4 is 10.6 Å². The SMILES string of the molecule is COCCNc1cc(NC(=O)c2cnn3ccc(C=O)nc23)ncc1C#N. The molecule has 0 aliphatic heterocycles. The van der Waals surface area contributed by atoms with Crippen LogP contribution in [0.15, 0.2) is 30.7 Å². The largest absolute Gasteiger partial charge is 0.383 e. The lowest BCUT2D eigenvalue weighted by Crippen LogP contribution is -2.14. The van der Waals surface area contributed by atoms with Gasteiger partial charge in [-0.1, -0.05) is 0 Å². The number of nitriles is 1. The molecule has 0 aliphatic rings. The van der Waals surface area contributed by atoms with Gasteiger partial charge in [0.15, 0.2) is 11.9 Å². The summed E-state index contributed by atoms with van der Waals surface area (Å²) in [5.74, 6) is -0.231. The van der Waals surface area contributed by atoms with Gasteiger partial charge in [0.2, 0.25) is 0 Å². The van der Waals surface area contributed by atoms with E-state index in [0.29, 0.717) is 30.7 Å². The number of anilines is 2. The summed E-state index contributed by atoms with van der Waals surface area (Å²) in [6.45, 7) is 0.955. The van der Waals surface area contributed by atoms with E-state index in [4.69, 9.17) is 10.00 Å². The van der Waals surface area contributed by atoms with Gasteiger partial charge < -0.3 is 15.4 Å². The molecule has 136 valence electrons. The van der Waals surface area contributed by atoms with Gasteiger partial charge in [-0.05, 0) is 6.07 Å². The van der Waals surface area contributed by atoms with Crippen LogP contribution in [0.4, 0.5) is 11.5 Å². The molecule has 3 aromatic rings. The molecular formula is C17H15N7O3. The summed E-state index contributed by atoms with van der Waals surface area (Å²) in [5, 5.41) is 18.9. The Morgan fingerprint density at radius 1 is 1.44 bits per heavy atom. The summed E-state index contributed by atoms with van der Waals surface area (Å²) in [6, 6.07) is 5.09. The molecule has 3 rings (SSSR count). The molecule has 1 amide bonds. The van der Waals surface area contributed by atoms with Gasteiger partial charge in [0.1, 0.15) is 23.1 Å². The van der Waals surface area contributed by atoms with Gasteiger partial charge in [0, 0.05) is 32.1 Å². The van der Waals surface area contributed by atoms with Crippen molar-refractivity contribution in [2.24, 2.45) is 0 Å². The number of ether oxygens (including phenoxy) is 1. The minimum atomic E-state index is -0.486. The minimum Gasteiger partial charge on any atom is -0.383 e. The fourth-order valence-corrected chi connectivity index (χ4v) is 2.34. The van der Waals surface area contributed by atoms with Gasteiger partial charge in [0.25, 0.3) is 5.91 Å². The van der Waals surface area contributed by atoms with Crippen LogP contribution in [0.25, 0.3) is 5.65 Å². The van der Waals surface area contributed by atoms with E-state index in [1.165, 1.54) is 23.0 Å². The molecule has 0 saturated carbocycles. The number of nitrogens with one attached hydrogen (secondary N) is 2. The Bertz CT molecular complexity index is 1040. The van der Waals surface area contributed by atoms with Gasteiger partial charge in [-0.3, -0.25) is 9.59 Å². The highest BCUT2D eigenvalue weighted by molar-refractivity contribution is 6.08. The summed E-state index contributed by atoms with van der Waals surface area (Å²) in [6.07, 6.45) is 4.85. The number of fused-ring (bicyclic) bond motifs is 1. The van der Waals surface area contributed by atoms with Gasteiger partial charge in [-0.15, -0.1) is 0 Å². The molecule has 0 aliphatic carbocycles. The van der Waals surface area contributed by atoms with E-state index in [9.17, 15) is 9.59 Å². The summed E-state index contributed by atoms with van der Waals surface area (Å²) < 4.78 is 6.36. The Hall–Kier alpha value is -3.84. The number of methoxy groups -OCH3 is 1. The Kier molecular flexibility index (Phi) is 5.34. The highest BCUT2D eigenvalue weighted by atomic mass is 16.5. The molecule has 0 saturated heterocycles. The Labute approximate surface area is 153 Å². The Morgan fingerprint density at radius 3 is 3.04 bits per heavy atom. The smallest absolute Gasteiger partial charge is 0.262 e. The fraction of sp³-hybridized carbons (Fsp3) is 0.176. The number of aldehydes is 1. The maximum absolute atomic E-state index is 12.6. The quantitative estimate of drug-likeness (QED) is 0.470. The van der Waals surface area contributed by atoms with Crippen molar-refractivity contribution >= 4 is 29.3 Å². The first-order valence-corrected chi connectivity index (χ1v) is 7.90. The second kappa shape index (κ2) is 8.03. The molecule has 0 spiro atoms. The van der Waals surface area contributed by atoms with Crippen molar-refractivity contribution in [3.63, 3.8) is 0 Å². The first-order valence-electron chi connectivity index (χ1n) is 7.90. The lowest BCUT2D eigenvalue weighted by Gasteiger charge is -2.10. The highest BCUT2D eigenvalue weighted by Gasteiger charge is 2.16. The van der Waals surface area contributed by atoms with Gasteiger partial charge in [-0.25, -0.2) is 14.5 Å². The number of carbonyl (C=O) groups is 2. The number of rotatable bonds is 7. The number of hydrogen-bond donors (Lipinski definition) is 2. The first-order chi connectivity index (χ1) is 13.2. The topological polar surface area (TPSA) is 134 Å². The molecule has 0 unspecified atom stereocenters. The van der Waals surface area contributed by atoms with Crippen molar-refractivity contribution in [3.05, 3.63) is 47.5 Å². The van der Waals surface area contributed by atoms with Crippen LogP contribution in [0.1, 0.15) is 26.4 Å². The summed E-state index contributed by atoms with van der Waals surface area (Å²) in [7, 11) is 1.57. The number of amides is 1. The average molecular weight is 365 g/mol. The third-order valence-corrected chi connectivity index (χ3v) is 3.64. The van der Waals surface area contributed by atoms with Crippen molar-refractivity contribution in [2.45, 2.75) is 0 Å². The lowest BCUT2D eigenvalue weighted by atomic mass is 10.2. The van der Waals surface area contributed by atoms with Gasteiger partial charge in [-0.2, -0.15) is 10.4 Å². The normalized spacial score (nSPS) is 10.4. The number of pyridine rings is 1. The molecule has 0 fully saturated rings. The molecular weight excluding hydrogens is 350 g/mol. The van der Waals surface area contributed by atoms with Crippen LogP contribution in [0.5, 0.6) is 0 Å². The van der Waals surface area contributed by atoms with Crippen molar-refractivity contribution in [2.75, 3.05) is 30.9 Å². The molecule has 3 heterocycles. The van der Waals surface area contributed by atoms with Crippen molar-refractivity contribution in [3.8, 4) is 6.07 Å². The zero-order valence-electron chi connectivity index (χ0n) is 14.3. The van der Waals surface area contributed by atoms with Crippen molar-refractivity contribution < 1.29 is 14.3 Å². The van der Waals surface area contributed by atoms with E-state index in [1.54, 1.807) is 19.4 Å². The summed E-state index contributed by atoms with van der Waals surface area (Å²) in [4.78, 5) is 31.6. The third kappa shape index (κ3) is 3.88. The van der Waals surface area contributed by atoms with Crippen molar-refractivity contribution in [1.82, 2.24) is 19.6 Å². The fourth-order valence-electron chi connectivity index (χ4n) is 2.34. The lowest BCUT2D eigenvalue weighted by molar-refractivity contribution is 0.102. The van der Waals surface area contributed by atoms with Crippen LogP contribution in [0, 0.1) is 11.3 Å². The van der Waals surface area contributed by atoms with Crippen LogP contribution in [0.2, 0.25) is 0 Å². The monoisotopic (exact) mass is 365 g/mol.